The number of aryl methyl sites for hydroxylation is 1. The van der Waals surface area contributed by atoms with Crippen molar-refractivity contribution in [3.63, 3.8) is 0 Å². The fourth-order valence-electron chi connectivity index (χ4n) is 4.43. The van der Waals surface area contributed by atoms with Crippen LogP contribution in [0.1, 0.15) is 48.2 Å². The largest absolute Gasteiger partial charge is 0.491 e. The van der Waals surface area contributed by atoms with Gasteiger partial charge in [0.1, 0.15) is 5.82 Å². The molecule has 1 aliphatic heterocycles. The van der Waals surface area contributed by atoms with Gasteiger partial charge in [0.15, 0.2) is 17.4 Å². The first kappa shape index (κ1) is 23.1. The number of piperazine rings is 1. The van der Waals surface area contributed by atoms with Gasteiger partial charge in [-0.1, -0.05) is 19.3 Å². The van der Waals surface area contributed by atoms with E-state index in [0.717, 1.165) is 31.5 Å². The lowest BCUT2D eigenvalue weighted by Crippen LogP contribution is -2.49. The summed E-state index contributed by atoms with van der Waals surface area (Å²) in [5.41, 5.74) is 0.295. The normalized spacial score (nSPS) is 17.2. The topological polar surface area (TPSA) is 70.6 Å². The molecule has 2 aliphatic rings. The van der Waals surface area contributed by atoms with E-state index in [0.29, 0.717) is 31.1 Å². The van der Waals surface area contributed by atoms with E-state index in [4.69, 9.17) is 0 Å². The number of hydrogen-bond acceptors (Lipinski definition) is 6. The minimum absolute atomic E-state index is 0.286. The van der Waals surface area contributed by atoms with E-state index in [1.807, 2.05) is 17.9 Å². The van der Waals surface area contributed by atoms with Crippen molar-refractivity contribution in [2.45, 2.75) is 45.1 Å². The maximum Gasteiger partial charge on any atom is 0.257 e. The predicted octanol–water partition coefficient (Wildman–Crippen LogP) is 3.92. The van der Waals surface area contributed by atoms with E-state index >= 15 is 0 Å². The Hall–Kier alpha value is -3.04. The number of anilines is 2. The highest BCUT2D eigenvalue weighted by atomic mass is 19.2. The average Bonchev–Trinajstić information content (AvgIpc) is 2.82. The van der Waals surface area contributed by atoms with Gasteiger partial charge in [-0.2, -0.15) is 9.37 Å². The number of nitrogens with zero attached hydrogens (tertiary/aromatic N) is 4. The van der Waals surface area contributed by atoms with Crippen molar-refractivity contribution in [2.24, 2.45) is 0 Å². The number of amides is 1. The Kier molecular flexibility index (Phi) is 6.90. The zero-order valence-electron chi connectivity index (χ0n) is 18.8. The Balaban J connectivity index is 1.44. The Morgan fingerprint density at radius 1 is 1.03 bits per heavy atom. The van der Waals surface area contributed by atoms with Gasteiger partial charge in [-0.05, 0) is 25.8 Å². The van der Waals surface area contributed by atoms with Gasteiger partial charge in [0.25, 0.3) is 5.91 Å². The molecule has 10 heteroatoms. The third-order valence-electron chi connectivity index (χ3n) is 6.22. The molecule has 0 radical (unpaired) electrons. The smallest absolute Gasteiger partial charge is 0.257 e. The standard InChI is InChI=1S/C23H28F3N5O2/c1-14-12-18(29-23(27-14)28-15-6-4-3-5-7-15)30-8-10-31(11-9-30)22(32)16-13-17(24)20(26)21(33-2)19(16)25/h12-13,15H,3-11H2,1-2H3,(H,27,28,29). The number of nitrogens with one attached hydrogen (secondary N) is 1. The Bertz CT molecular complexity index is 1020. The van der Waals surface area contributed by atoms with Crippen LogP contribution in [0.2, 0.25) is 0 Å². The second kappa shape index (κ2) is 9.84. The van der Waals surface area contributed by atoms with Crippen LogP contribution in [0.4, 0.5) is 24.9 Å². The van der Waals surface area contributed by atoms with Crippen LogP contribution in [-0.4, -0.2) is 60.1 Å². The molecule has 0 atom stereocenters. The lowest BCUT2D eigenvalue weighted by atomic mass is 9.96. The number of halogens is 3. The van der Waals surface area contributed by atoms with Crippen LogP contribution >= 0.6 is 0 Å². The first-order valence-electron chi connectivity index (χ1n) is 11.2. The Morgan fingerprint density at radius 3 is 2.39 bits per heavy atom. The average molecular weight is 464 g/mol. The molecule has 2 fully saturated rings. The van der Waals surface area contributed by atoms with Crippen LogP contribution in [0, 0.1) is 24.4 Å². The minimum Gasteiger partial charge on any atom is -0.491 e. The molecular weight excluding hydrogens is 435 g/mol. The molecule has 0 unspecified atom stereocenters. The fraction of sp³-hybridized carbons (Fsp3) is 0.522. The van der Waals surface area contributed by atoms with Gasteiger partial charge in [-0.25, -0.2) is 13.8 Å². The molecule has 4 rings (SSSR count). The third-order valence-corrected chi connectivity index (χ3v) is 6.22. The zero-order valence-corrected chi connectivity index (χ0v) is 18.8. The second-order valence-electron chi connectivity index (χ2n) is 8.52. The molecule has 1 saturated carbocycles. The van der Waals surface area contributed by atoms with E-state index < -0.39 is 34.7 Å². The number of aromatic nitrogens is 2. The first-order valence-corrected chi connectivity index (χ1v) is 11.2. The maximum absolute atomic E-state index is 14.5. The molecule has 33 heavy (non-hydrogen) atoms. The van der Waals surface area contributed by atoms with E-state index in [-0.39, 0.29) is 13.1 Å². The van der Waals surface area contributed by atoms with Crippen molar-refractivity contribution in [1.29, 1.82) is 0 Å². The molecule has 1 N–H and O–H groups in total. The fourth-order valence-corrected chi connectivity index (χ4v) is 4.43. The SMILES string of the molecule is COc1c(F)c(F)cc(C(=O)N2CCN(c3cc(C)nc(NC4CCCCC4)n3)CC2)c1F. The van der Waals surface area contributed by atoms with Gasteiger partial charge >= 0.3 is 0 Å². The molecule has 1 aromatic heterocycles. The van der Waals surface area contributed by atoms with Crippen molar-refractivity contribution < 1.29 is 22.7 Å². The molecule has 1 saturated heterocycles. The molecule has 178 valence electrons. The summed E-state index contributed by atoms with van der Waals surface area (Å²) in [4.78, 5) is 25.4. The number of carbonyl (C=O) groups is 1. The molecule has 1 aromatic carbocycles. The van der Waals surface area contributed by atoms with Crippen molar-refractivity contribution in [1.82, 2.24) is 14.9 Å². The Morgan fingerprint density at radius 2 is 1.73 bits per heavy atom. The lowest BCUT2D eigenvalue weighted by Gasteiger charge is -2.35. The molecule has 0 bridgehead atoms. The van der Waals surface area contributed by atoms with Crippen LogP contribution in [0.25, 0.3) is 0 Å². The molecule has 7 nitrogen and oxygen atoms in total. The predicted molar refractivity (Wildman–Crippen MR) is 118 cm³/mol. The van der Waals surface area contributed by atoms with Crippen LogP contribution in [-0.2, 0) is 0 Å². The first-order chi connectivity index (χ1) is 15.9. The Labute approximate surface area is 191 Å². The highest BCUT2D eigenvalue weighted by Gasteiger charge is 2.29. The lowest BCUT2D eigenvalue weighted by molar-refractivity contribution is 0.0740. The van der Waals surface area contributed by atoms with Gasteiger partial charge in [0.05, 0.1) is 12.7 Å². The monoisotopic (exact) mass is 463 g/mol. The van der Waals surface area contributed by atoms with Crippen LogP contribution in [0.15, 0.2) is 12.1 Å². The summed E-state index contributed by atoms with van der Waals surface area (Å²) in [5, 5.41) is 3.44. The molecule has 2 aromatic rings. The van der Waals surface area contributed by atoms with Crippen molar-refractivity contribution >= 4 is 17.7 Å². The van der Waals surface area contributed by atoms with Crippen LogP contribution in [0.5, 0.6) is 5.75 Å². The van der Waals surface area contributed by atoms with Gasteiger partial charge in [-0.15, -0.1) is 0 Å². The quantitative estimate of drug-likeness (QED) is 0.678. The van der Waals surface area contributed by atoms with E-state index in [2.05, 4.69) is 20.0 Å². The van der Waals surface area contributed by atoms with Gasteiger partial charge in [0.2, 0.25) is 11.8 Å². The highest BCUT2D eigenvalue weighted by Crippen LogP contribution is 2.28. The summed E-state index contributed by atoms with van der Waals surface area (Å²) < 4.78 is 46.7. The summed E-state index contributed by atoms with van der Waals surface area (Å²) in [7, 11) is 1.02. The molecule has 1 amide bonds. The van der Waals surface area contributed by atoms with Gasteiger partial charge in [-0.3, -0.25) is 4.79 Å². The minimum atomic E-state index is -1.45. The number of hydrogen-bond donors (Lipinski definition) is 1. The van der Waals surface area contributed by atoms with E-state index in [9.17, 15) is 18.0 Å². The highest BCUT2D eigenvalue weighted by molar-refractivity contribution is 5.95. The molecular formula is C23H28F3N5O2. The number of ether oxygens (including phenoxy) is 1. The third kappa shape index (κ3) is 4.99. The van der Waals surface area contributed by atoms with Crippen molar-refractivity contribution in [2.75, 3.05) is 43.5 Å². The zero-order chi connectivity index (χ0) is 23.5. The summed E-state index contributed by atoms with van der Waals surface area (Å²) in [6.45, 7) is 3.42. The van der Waals surface area contributed by atoms with Crippen molar-refractivity contribution in [3.8, 4) is 5.75 Å². The van der Waals surface area contributed by atoms with Crippen molar-refractivity contribution in [3.05, 3.63) is 40.8 Å². The molecule has 2 heterocycles. The summed E-state index contributed by atoms with van der Waals surface area (Å²) in [6.07, 6.45) is 5.90. The van der Waals surface area contributed by atoms with Crippen LogP contribution in [0.3, 0.4) is 0 Å². The van der Waals surface area contributed by atoms with Crippen LogP contribution < -0.4 is 15.0 Å². The van der Waals surface area contributed by atoms with E-state index in [1.165, 1.54) is 24.2 Å². The summed E-state index contributed by atoms with van der Waals surface area (Å²) in [5.74, 6) is -4.22. The second-order valence-corrected chi connectivity index (χ2v) is 8.52. The number of benzene rings is 1. The number of carbonyl (C=O) groups excluding carboxylic acids is 1. The van der Waals surface area contributed by atoms with Gasteiger partial charge < -0.3 is 19.9 Å². The number of rotatable bonds is 5. The molecule has 1 aliphatic carbocycles. The number of methoxy groups -OCH3 is 1. The van der Waals surface area contributed by atoms with Gasteiger partial charge in [0, 0.05) is 44.0 Å². The summed E-state index contributed by atoms with van der Waals surface area (Å²) in [6, 6.07) is 2.85. The molecule has 0 spiro atoms. The summed E-state index contributed by atoms with van der Waals surface area (Å²) >= 11 is 0. The maximum atomic E-state index is 14.5. The van der Waals surface area contributed by atoms with E-state index in [1.54, 1.807) is 0 Å².